The summed E-state index contributed by atoms with van der Waals surface area (Å²) in [5.74, 6) is -3.69. The van der Waals surface area contributed by atoms with Crippen LogP contribution in [0.2, 0.25) is 0 Å². The minimum Gasteiger partial charge on any atom is -0.494 e. The maximum absolute atomic E-state index is 14.0. The van der Waals surface area contributed by atoms with Crippen molar-refractivity contribution >= 4 is 5.78 Å². The van der Waals surface area contributed by atoms with E-state index in [0.29, 0.717) is 0 Å². The lowest BCUT2D eigenvalue weighted by Gasteiger charge is -2.15. The maximum Gasteiger partial charge on any atom is 0.338 e. The number of hydrogen-bond donors (Lipinski definition) is 1. The largest absolute Gasteiger partial charge is 0.494 e. The summed E-state index contributed by atoms with van der Waals surface area (Å²) in [5, 5.41) is 10.1. The molecule has 1 N–H and O–H groups in total. The predicted octanol–water partition coefficient (Wildman–Crippen LogP) is 1.60. The van der Waals surface area contributed by atoms with Crippen LogP contribution in [0.4, 0.5) is 8.78 Å². The van der Waals surface area contributed by atoms with Gasteiger partial charge in [0, 0.05) is 6.54 Å². The first-order chi connectivity index (χ1) is 11.3. The number of aromatic hydroxyl groups is 1. The highest BCUT2D eigenvalue weighted by Gasteiger charge is 2.29. The van der Waals surface area contributed by atoms with Gasteiger partial charge in [-0.25, -0.2) is 18.1 Å². The molecule has 0 aliphatic heterocycles. The van der Waals surface area contributed by atoms with Crippen molar-refractivity contribution in [1.82, 2.24) is 9.13 Å². The highest BCUT2D eigenvalue weighted by atomic mass is 19.1. The summed E-state index contributed by atoms with van der Waals surface area (Å²) >= 11 is 0. The third-order valence-electron chi connectivity index (χ3n) is 3.97. The fraction of sp³-hybridized carbons (Fsp3) is 0.312. The Balaban J connectivity index is 2.41. The third-order valence-corrected chi connectivity index (χ3v) is 3.97. The van der Waals surface area contributed by atoms with Gasteiger partial charge in [-0.15, -0.1) is 0 Å². The molecule has 3 rings (SSSR count). The molecule has 0 amide bonds. The zero-order valence-corrected chi connectivity index (χ0v) is 12.8. The van der Waals surface area contributed by atoms with Crippen LogP contribution < -0.4 is 11.2 Å². The van der Waals surface area contributed by atoms with Gasteiger partial charge in [0.2, 0.25) is 5.88 Å². The number of benzene rings is 1. The second-order valence-electron chi connectivity index (χ2n) is 5.80. The van der Waals surface area contributed by atoms with Gasteiger partial charge in [-0.2, -0.15) is 0 Å². The van der Waals surface area contributed by atoms with Gasteiger partial charge in [-0.05, 0) is 37.8 Å². The summed E-state index contributed by atoms with van der Waals surface area (Å²) in [6.45, 7) is 1.10. The van der Waals surface area contributed by atoms with Crippen molar-refractivity contribution in [3.63, 3.8) is 0 Å². The molecule has 2 aromatic rings. The molecule has 1 fully saturated rings. The van der Waals surface area contributed by atoms with Crippen molar-refractivity contribution in [2.24, 2.45) is 5.92 Å². The molecule has 0 saturated heterocycles. The Morgan fingerprint density at radius 1 is 1.25 bits per heavy atom. The molecule has 6 nitrogen and oxygen atoms in total. The minimum atomic E-state index is -1.25. The molecule has 1 heterocycles. The Bertz CT molecular complexity index is 938. The van der Waals surface area contributed by atoms with E-state index in [1.807, 2.05) is 0 Å². The Morgan fingerprint density at radius 2 is 1.83 bits per heavy atom. The van der Waals surface area contributed by atoms with Crippen LogP contribution in [0.5, 0.6) is 5.88 Å². The van der Waals surface area contributed by atoms with Gasteiger partial charge in [0.25, 0.3) is 5.56 Å². The van der Waals surface area contributed by atoms with Crippen LogP contribution in [0.1, 0.15) is 30.1 Å². The quantitative estimate of drug-likeness (QED) is 0.860. The number of ketones is 1. The summed E-state index contributed by atoms with van der Waals surface area (Å²) in [7, 11) is 0. The molecule has 0 radical (unpaired) electrons. The molecule has 0 spiro atoms. The number of aromatic nitrogens is 2. The molecular weight excluding hydrogens is 322 g/mol. The number of hydrogen-bond acceptors (Lipinski definition) is 4. The van der Waals surface area contributed by atoms with Crippen LogP contribution in [-0.4, -0.2) is 20.0 Å². The number of carbonyl (C=O) groups excluding carboxylic acids is 1. The first kappa shape index (κ1) is 16.1. The van der Waals surface area contributed by atoms with Crippen molar-refractivity contribution in [2.75, 3.05) is 0 Å². The summed E-state index contributed by atoms with van der Waals surface area (Å²) in [5.41, 5.74) is -3.86. The topological polar surface area (TPSA) is 81.3 Å². The molecule has 0 unspecified atom stereocenters. The highest BCUT2D eigenvalue weighted by Crippen LogP contribution is 2.31. The standard InChI is InChI=1S/C16H14F2N2O4/c1-8(21)12-14(22)19(7-9-5-6-9)16(24)20(15(12)23)13-10(17)3-2-4-11(13)18/h2-4,9,22H,5-7H2,1H3. The molecule has 0 bridgehead atoms. The highest BCUT2D eigenvalue weighted by molar-refractivity contribution is 5.95. The van der Waals surface area contributed by atoms with Crippen LogP contribution in [0.3, 0.4) is 0 Å². The van der Waals surface area contributed by atoms with Crippen LogP contribution in [-0.2, 0) is 6.54 Å². The smallest absolute Gasteiger partial charge is 0.338 e. The summed E-state index contributed by atoms with van der Waals surface area (Å²) in [6.07, 6.45) is 1.66. The molecule has 1 saturated carbocycles. The van der Waals surface area contributed by atoms with E-state index in [1.54, 1.807) is 0 Å². The average Bonchev–Trinajstić information content (AvgIpc) is 3.30. The first-order valence-electron chi connectivity index (χ1n) is 7.37. The average molecular weight is 336 g/mol. The summed E-state index contributed by atoms with van der Waals surface area (Å²) < 4.78 is 29.2. The molecule has 8 heteroatoms. The van der Waals surface area contributed by atoms with Gasteiger partial charge in [0.1, 0.15) is 22.9 Å². The number of rotatable bonds is 4. The van der Waals surface area contributed by atoms with Gasteiger partial charge in [-0.3, -0.25) is 14.2 Å². The van der Waals surface area contributed by atoms with E-state index in [2.05, 4.69) is 0 Å². The zero-order valence-electron chi connectivity index (χ0n) is 12.8. The Hall–Kier alpha value is -2.77. The number of Topliss-reactive ketones (excluding diaryl/α,β-unsaturated/α-hetero) is 1. The van der Waals surface area contributed by atoms with Crippen molar-refractivity contribution in [2.45, 2.75) is 26.3 Å². The lowest BCUT2D eigenvalue weighted by Crippen LogP contribution is -2.42. The van der Waals surface area contributed by atoms with Gasteiger partial charge in [0.15, 0.2) is 5.78 Å². The van der Waals surface area contributed by atoms with Crippen molar-refractivity contribution in [3.8, 4) is 11.6 Å². The summed E-state index contributed by atoms with van der Waals surface area (Å²) in [4.78, 5) is 36.8. The lowest BCUT2D eigenvalue weighted by atomic mass is 10.2. The zero-order chi connectivity index (χ0) is 17.6. The second-order valence-corrected chi connectivity index (χ2v) is 5.80. The number of carbonyl (C=O) groups is 1. The van der Waals surface area contributed by atoms with E-state index >= 15 is 0 Å². The van der Waals surface area contributed by atoms with Gasteiger partial charge < -0.3 is 5.11 Å². The fourth-order valence-corrected chi connectivity index (χ4v) is 2.57. The monoisotopic (exact) mass is 336 g/mol. The van der Waals surface area contributed by atoms with E-state index in [1.165, 1.54) is 0 Å². The third kappa shape index (κ3) is 2.53. The Labute approximate surface area is 134 Å². The maximum atomic E-state index is 14.0. The van der Waals surface area contributed by atoms with Crippen LogP contribution in [0.25, 0.3) is 5.69 Å². The van der Waals surface area contributed by atoms with Crippen LogP contribution >= 0.6 is 0 Å². The second kappa shape index (κ2) is 5.70. The first-order valence-corrected chi connectivity index (χ1v) is 7.37. The molecule has 126 valence electrons. The molecule has 1 aliphatic carbocycles. The molecule has 0 atom stereocenters. The van der Waals surface area contributed by atoms with E-state index in [0.717, 1.165) is 42.5 Å². The summed E-state index contributed by atoms with van der Waals surface area (Å²) in [6, 6.07) is 2.89. The Morgan fingerprint density at radius 3 is 2.33 bits per heavy atom. The Kier molecular flexibility index (Phi) is 3.82. The minimum absolute atomic E-state index is 0.0707. The van der Waals surface area contributed by atoms with Crippen LogP contribution in [0, 0.1) is 17.6 Å². The van der Waals surface area contributed by atoms with Crippen molar-refractivity contribution in [3.05, 3.63) is 56.2 Å². The normalized spacial score (nSPS) is 14.0. The van der Waals surface area contributed by atoms with Crippen LogP contribution in [0.15, 0.2) is 27.8 Å². The van der Waals surface area contributed by atoms with Crippen molar-refractivity contribution in [1.29, 1.82) is 0 Å². The predicted molar refractivity (Wildman–Crippen MR) is 80.6 cm³/mol. The van der Waals surface area contributed by atoms with E-state index in [4.69, 9.17) is 0 Å². The number of nitrogens with zero attached hydrogens (tertiary/aromatic N) is 2. The van der Waals surface area contributed by atoms with Gasteiger partial charge in [0.05, 0.1) is 0 Å². The van der Waals surface area contributed by atoms with E-state index in [-0.39, 0.29) is 17.0 Å². The van der Waals surface area contributed by atoms with E-state index < -0.39 is 45.8 Å². The molecule has 1 aromatic heterocycles. The van der Waals surface area contributed by atoms with Gasteiger partial charge >= 0.3 is 5.69 Å². The molecule has 1 aromatic carbocycles. The molecule has 24 heavy (non-hydrogen) atoms. The van der Waals surface area contributed by atoms with Gasteiger partial charge in [-0.1, -0.05) is 6.07 Å². The molecular formula is C16H14F2N2O4. The SMILES string of the molecule is CC(=O)c1c(O)n(CC2CC2)c(=O)n(-c2c(F)cccc2F)c1=O. The number of para-hydroxylation sites is 1. The molecule has 1 aliphatic rings. The van der Waals surface area contributed by atoms with Crippen molar-refractivity contribution < 1.29 is 18.7 Å². The lowest BCUT2D eigenvalue weighted by molar-refractivity contribution is 0.101. The fourth-order valence-electron chi connectivity index (χ4n) is 2.57. The number of halogens is 2. The van der Waals surface area contributed by atoms with E-state index in [9.17, 15) is 28.3 Å².